The Morgan fingerprint density at radius 2 is 0.984 bits per heavy atom. The third-order valence-electron chi connectivity index (χ3n) is 12.5. The van der Waals surface area contributed by atoms with Gasteiger partial charge in [-0.15, -0.1) is 0 Å². The SMILES string of the molecule is CCC(CC)[C@H](NC(=O)OC)C(=O)N1CCCC1C(=O)Nc1ccc(CN(Cc2ccc(NC(=O)[C@@H]3CCCN3C(=O)[C@@H](NC(=O)OC)C(CC)CC)cc2)c2ccc(F)cc2)cc1. The summed E-state index contributed by atoms with van der Waals surface area (Å²) < 4.78 is 23.6. The molecule has 6 amide bonds. The van der Waals surface area contributed by atoms with Crippen molar-refractivity contribution in [3.8, 4) is 0 Å². The summed E-state index contributed by atoms with van der Waals surface area (Å²) in [6.07, 6.45) is 3.62. The molecule has 2 saturated heterocycles. The molecule has 0 bridgehead atoms. The average molecular weight is 886 g/mol. The van der Waals surface area contributed by atoms with E-state index in [2.05, 4.69) is 26.2 Å². The summed E-state index contributed by atoms with van der Waals surface area (Å²) in [6.45, 7) is 9.55. The maximum Gasteiger partial charge on any atom is 0.407 e. The van der Waals surface area contributed by atoms with Gasteiger partial charge in [-0.05, 0) is 97.2 Å². The molecule has 1 unspecified atom stereocenters. The number of rotatable bonds is 19. The van der Waals surface area contributed by atoms with Crippen LogP contribution in [0.15, 0.2) is 72.8 Å². The Balaban J connectivity index is 1.23. The average Bonchev–Trinajstić information content (AvgIpc) is 4.01. The maximum absolute atomic E-state index is 14.0. The first kappa shape index (κ1) is 48.8. The van der Waals surface area contributed by atoms with E-state index in [-0.39, 0.29) is 41.3 Å². The van der Waals surface area contributed by atoms with Gasteiger partial charge in [0.15, 0.2) is 0 Å². The Morgan fingerprint density at radius 1 is 0.609 bits per heavy atom. The number of benzene rings is 3. The molecule has 3 aromatic rings. The smallest absolute Gasteiger partial charge is 0.407 e. The summed E-state index contributed by atoms with van der Waals surface area (Å²) in [5, 5.41) is 11.3. The van der Waals surface area contributed by atoms with Crippen LogP contribution in [0.25, 0.3) is 0 Å². The van der Waals surface area contributed by atoms with Crippen LogP contribution in [0.4, 0.5) is 31.0 Å². The van der Waals surface area contributed by atoms with E-state index in [1.807, 2.05) is 52.0 Å². The van der Waals surface area contributed by atoms with Gasteiger partial charge in [0, 0.05) is 43.2 Å². The Bertz CT molecular complexity index is 1920. The number of carbonyl (C=O) groups excluding carboxylic acids is 6. The Kier molecular flexibility index (Phi) is 17.9. The maximum atomic E-state index is 14.0. The summed E-state index contributed by atoms with van der Waals surface area (Å²) in [6, 6.07) is 18.1. The number of ether oxygens (including phenoxy) is 2. The van der Waals surface area contributed by atoms with Gasteiger partial charge in [-0.1, -0.05) is 77.6 Å². The van der Waals surface area contributed by atoms with Crippen LogP contribution < -0.4 is 26.2 Å². The molecule has 2 fully saturated rings. The molecule has 16 heteroatoms. The molecule has 0 aromatic heterocycles. The molecule has 3 aromatic carbocycles. The topological polar surface area (TPSA) is 179 Å². The third-order valence-corrected chi connectivity index (χ3v) is 12.5. The Hall–Kier alpha value is -6.19. The minimum absolute atomic E-state index is 0.115. The molecule has 4 atom stereocenters. The zero-order valence-corrected chi connectivity index (χ0v) is 37.9. The van der Waals surface area contributed by atoms with Crippen LogP contribution in [-0.2, 0) is 41.7 Å². The molecular weight excluding hydrogens is 822 g/mol. The van der Waals surface area contributed by atoms with Crippen molar-refractivity contribution < 1.29 is 42.6 Å². The molecule has 0 aliphatic carbocycles. The lowest BCUT2D eigenvalue weighted by Crippen LogP contribution is -2.55. The van der Waals surface area contributed by atoms with E-state index < -0.39 is 36.4 Å². The van der Waals surface area contributed by atoms with Crippen LogP contribution in [0.2, 0.25) is 0 Å². The molecule has 0 saturated carbocycles. The third kappa shape index (κ3) is 12.5. The fraction of sp³-hybridized carbons (Fsp3) is 0.500. The molecule has 64 heavy (non-hydrogen) atoms. The van der Waals surface area contributed by atoms with E-state index in [1.165, 1.54) is 26.4 Å². The van der Waals surface area contributed by atoms with Gasteiger partial charge in [-0.25, -0.2) is 14.0 Å². The van der Waals surface area contributed by atoms with Crippen molar-refractivity contribution in [2.75, 3.05) is 42.8 Å². The lowest BCUT2D eigenvalue weighted by atomic mass is 9.93. The van der Waals surface area contributed by atoms with E-state index in [0.717, 1.165) is 16.8 Å². The highest BCUT2D eigenvalue weighted by Gasteiger charge is 2.41. The van der Waals surface area contributed by atoms with E-state index in [1.54, 1.807) is 46.2 Å². The summed E-state index contributed by atoms with van der Waals surface area (Å²) in [7, 11) is 2.51. The van der Waals surface area contributed by atoms with Gasteiger partial charge >= 0.3 is 12.2 Å². The molecule has 0 radical (unpaired) electrons. The number of nitrogens with one attached hydrogen (secondary N) is 4. The van der Waals surface area contributed by atoms with Gasteiger partial charge in [0.2, 0.25) is 23.6 Å². The van der Waals surface area contributed by atoms with E-state index in [4.69, 9.17) is 9.47 Å². The normalized spacial score (nSPS) is 16.8. The van der Waals surface area contributed by atoms with Crippen molar-refractivity contribution in [2.24, 2.45) is 11.8 Å². The standard InChI is InChI=1S/C48H64FN7O8/c1-7-33(8-2)41(52-47(61)63-5)45(59)55-27-11-13-39(55)43(57)50-36-21-15-31(16-22-36)29-54(38-25-19-35(49)20-26-38)30-32-17-23-37(24-18-32)51-44(58)40-14-12-28-56(40)46(60)42(34(9-3)10-4)53-48(62)64-6/h15-26,33-34,39-42H,7-14,27-30H2,1-6H3,(H,50,57)(H,51,58)(H,52,61)(H,53,62)/t39-,40?,41-,42-/m0/s1. The number of amides is 6. The zero-order chi connectivity index (χ0) is 46.3. The van der Waals surface area contributed by atoms with Crippen LogP contribution in [0.1, 0.15) is 90.2 Å². The van der Waals surface area contributed by atoms with E-state index >= 15 is 0 Å². The quantitative estimate of drug-likeness (QED) is 0.0968. The number of nitrogens with zero attached hydrogens (tertiary/aromatic N) is 3. The predicted octanol–water partition coefficient (Wildman–Crippen LogP) is 7.21. The fourth-order valence-electron chi connectivity index (χ4n) is 8.79. The summed E-state index contributed by atoms with van der Waals surface area (Å²) in [5.74, 6) is -1.79. The number of alkyl carbamates (subject to hydrolysis) is 2. The Labute approximate surface area is 375 Å². The van der Waals surface area contributed by atoms with Crippen LogP contribution in [0.3, 0.4) is 0 Å². The summed E-state index contributed by atoms with van der Waals surface area (Å²) in [5.41, 5.74) is 3.77. The molecule has 2 heterocycles. The second kappa shape index (κ2) is 23.5. The van der Waals surface area contributed by atoms with Crippen molar-refractivity contribution >= 4 is 52.9 Å². The Morgan fingerprint density at radius 3 is 1.33 bits per heavy atom. The number of methoxy groups -OCH3 is 2. The molecule has 5 rings (SSSR count). The zero-order valence-electron chi connectivity index (χ0n) is 37.9. The number of likely N-dealkylation sites (tertiary alicyclic amines) is 2. The van der Waals surface area contributed by atoms with Crippen LogP contribution in [0.5, 0.6) is 0 Å². The van der Waals surface area contributed by atoms with E-state index in [9.17, 15) is 33.2 Å². The minimum Gasteiger partial charge on any atom is -0.453 e. The van der Waals surface area contributed by atoms with E-state index in [0.29, 0.717) is 88.9 Å². The van der Waals surface area contributed by atoms with Crippen LogP contribution in [-0.4, -0.2) is 97.1 Å². The number of hydrogen-bond donors (Lipinski definition) is 4. The van der Waals surface area contributed by atoms with Crippen LogP contribution >= 0.6 is 0 Å². The predicted molar refractivity (Wildman–Crippen MR) is 243 cm³/mol. The van der Waals surface area contributed by atoms with Gasteiger partial charge in [0.1, 0.15) is 30.0 Å². The summed E-state index contributed by atoms with van der Waals surface area (Å²) in [4.78, 5) is 84.3. The number of anilines is 3. The highest BCUT2D eigenvalue weighted by molar-refractivity contribution is 5.99. The molecule has 2 aliphatic heterocycles. The first-order valence-electron chi connectivity index (χ1n) is 22.4. The minimum atomic E-state index is -0.804. The van der Waals surface area contributed by atoms with Crippen molar-refractivity contribution in [2.45, 2.75) is 116 Å². The van der Waals surface area contributed by atoms with Crippen LogP contribution in [0, 0.1) is 17.7 Å². The molecule has 346 valence electrons. The number of hydrogen-bond acceptors (Lipinski definition) is 9. The monoisotopic (exact) mass is 885 g/mol. The molecule has 15 nitrogen and oxygen atoms in total. The van der Waals surface area contributed by atoms with Gasteiger partial charge < -0.3 is 45.4 Å². The van der Waals surface area contributed by atoms with Gasteiger partial charge in [0.05, 0.1) is 14.2 Å². The largest absolute Gasteiger partial charge is 0.453 e. The molecular formula is C48H64FN7O8. The molecule has 2 aliphatic rings. The second-order valence-electron chi connectivity index (χ2n) is 16.5. The summed E-state index contributed by atoms with van der Waals surface area (Å²) >= 11 is 0. The van der Waals surface area contributed by atoms with Crippen molar-refractivity contribution in [3.05, 3.63) is 89.7 Å². The first-order chi connectivity index (χ1) is 30.8. The second-order valence-corrected chi connectivity index (χ2v) is 16.5. The fourth-order valence-corrected chi connectivity index (χ4v) is 8.79. The number of halogens is 1. The van der Waals surface area contributed by atoms with Gasteiger partial charge in [-0.2, -0.15) is 0 Å². The van der Waals surface area contributed by atoms with Crippen molar-refractivity contribution in [1.82, 2.24) is 20.4 Å². The van der Waals surface area contributed by atoms with Crippen molar-refractivity contribution in [1.29, 1.82) is 0 Å². The van der Waals surface area contributed by atoms with Gasteiger partial charge in [-0.3, -0.25) is 19.2 Å². The lowest BCUT2D eigenvalue weighted by molar-refractivity contribution is -0.139. The highest BCUT2D eigenvalue weighted by Crippen LogP contribution is 2.27. The number of carbonyl (C=O) groups is 6. The highest BCUT2D eigenvalue weighted by atomic mass is 19.1. The first-order valence-corrected chi connectivity index (χ1v) is 22.4. The molecule has 0 spiro atoms. The van der Waals surface area contributed by atoms with Gasteiger partial charge in [0.25, 0.3) is 0 Å². The van der Waals surface area contributed by atoms with Crippen molar-refractivity contribution in [3.63, 3.8) is 0 Å². The molecule has 4 N–H and O–H groups in total. The lowest BCUT2D eigenvalue weighted by Gasteiger charge is -2.32.